The maximum Gasteiger partial charge on any atom is 0.119 e. The maximum atomic E-state index is 5.01. The van der Waals surface area contributed by atoms with Crippen LogP contribution in [0.2, 0.25) is 0 Å². The number of nitrogens with zero attached hydrogens (tertiary/aromatic N) is 1. The molecule has 0 atom stereocenters. The van der Waals surface area contributed by atoms with Gasteiger partial charge in [0, 0.05) is 6.20 Å². The van der Waals surface area contributed by atoms with Gasteiger partial charge in [-0.05, 0) is 30.2 Å². The third-order valence-corrected chi connectivity index (χ3v) is 2.46. The molecule has 2 aromatic rings. The second-order valence-corrected chi connectivity index (χ2v) is 3.62. The molecular weight excluding hydrogens is 192 g/mol. The first-order valence-electron chi connectivity index (χ1n) is 4.66. The van der Waals surface area contributed by atoms with E-state index in [-0.39, 0.29) is 0 Å². The van der Waals surface area contributed by atoms with E-state index in [9.17, 15) is 0 Å². The highest BCUT2D eigenvalue weighted by atomic mass is 32.1. The fraction of sp³-hybridized carbons (Fsp3) is 0.182. The van der Waals surface area contributed by atoms with Crippen LogP contribution in [0, 0.1) is 4.64 Å². The Morgan fingerprint density at radius 3 is 2.43 bits per heavy atom. The fourth-order valence-corrected chi connectivity index (χ4v) is 1.54. The van der Waals surface area contributed by atoms with Gasteiger partial charge in [-0.15, -0.1) is 0 Å². The second kappa shape index (κ2) is 3.80. The molecule has 1 aromatic carbocycles. The molecule has 0 saturated carbocycles. The number of aryl methyl sites for hydroxylation is 1. The van der Waals surface area contributed by atoms with E-state index < -0.39 is 0 Å². The highest BCUT2D eigenvalue weighted by Crippen LogP contribution is 2.08. The standard InChI is InChI=1S/C11H12N2S/c1-2-9-3-5-10(6-4-9)13-8-7-11(14)12-13/h3-8H,2H2,1H3,(H,12,14). The van der Waals surface area contributed by atoms with Gasteiger partial charge in [-0.3, -0.25) is 9.78 Å². The zero-order valence-electron chi connectivity index (χ0n) is 8.03. The number of rotatable bonds is 2. The third-order valence-electron chi connectivity index (χ3n) is 2.23. The van der Waals surface area contributed by atoms with Gasteiger partial charge in [0.25, 0.3) is 0 Å². The van der Waals surface area contributed by atoms with Crippen LogP contribution in [0.25, 0.3) is 5.69 Å². The van der Waals surface area contributed by atoms with Crippen molar-refractivity contribution in [1.82, 2.24) is 9.78 Å². The first-order valence-corrected chi connectivity index (χ1v) is 5.07. The lowest BCUT2D eigenvalue weighted by Gasteiger charge is -2.03. The molecule has 1 aromatic heterocycles. The molecule has 2 nitrogen and oxygen atoms in total. The Labute approximate surface area is 88.2 Å². The van der Waals surface area contributed by atoms with Crippen molar-refractivity contribution in [1.29, 1.82) is 0 Å². The number of benzene rings is 1. The predicted octanol–water partition coefficient (Wildman–Crippen LogP) is 3.10. The van der Waals surface area contributed by atoms with Gasteiger partial charge in [0.2, 0.25) is 0 Å². The van der Waals surface area contributed by atoms with Crippen LogP contribution in [0.1, 0.15) is 12.5 Å². The Morgan fingerprint density at radius 2 is 1.93 bits per heavy atom. The van der Waals surface area contributed by atoms with E-state index in [1.165, 1.54) is 5.56 Å². The van der Waals surface area contributed by atoms with Crippen LogP contribution in [0.4, 0.5) is 0 Å². The van der Waals surface area contributed by atoms with Crippen LogP contribution >= 0.6 is 12.2 Å². The van der Waals surface area contributed by atoms with E-state index in [4.69, 9.17) is 12.2 Å². The summed E-state index contributed by atoms with van der Waals surface area (Å²) in [6, 6.07) is 10.3. The van der Waals surface area contributed by atoms with Crippen LogP contribution in [-0.2, 0) is 6.42 Å². The van der Waals surface area contributed by atoms with Gasteiger partial charge >= 0.3 is 0 Å². The molecule has 0 aliphatic rings. The Kier molecular flexibility index (Phi) is 2.50. The summed E-state index contributed by atoms with van der Waals surface area (Å²) in [5.74, 6) is 0. The van der Waals surface area contributed by atoms with Crippen molar-refractivity contribution in [3.63, 3.8) is 0 Å². The van der Waals surface area contributed by atoms with Crippen molar-refractivity contribution in [3.8, 4) is 5.69 Å². The topological polar surface area (TPSA) is 20.7 Å². The van der Waals surface area contributed by atoms with Gasteiger partial charge in [-0.2, -0.15) is 0 Å². The molecule has 0 radical (unpaired) electrons. The number of aromatic nitrogens is 2. The lowest BCUT2D eigenvalue weighted by Crippen LogP contribution is -1.94. The number of H-pyrrole nitrogens is 1. The van der Waals surface area contributed by atoms with Gasteiger partial charge in [-0.25, -0.2) is 0 Å². The highest BCUT2D eigenvalue weighted by molar-refractivity contribution is 7.71. The van der Waals surface area contributed by atoms with Crippen LogP contribution in [0.15, 0.2) is 36.5 Å². The average Bonchev–Trinajstić information content (AvgIpc) is 2.65. The molecule has 0 aliphatic carbocycles. The van der Waals surface area contributed by atoms with Crippen LogP contribution < -0.4 is 0 Å². The monoisotopic (exact) mass is 204 g/mol. The van der Waals surface area contributed by atoms with Crippen molar-refractivity contribution in [2.75, 3.05) is 0 Å². The number of hydrogen-bond acceptors (Lipinski definition) is 1. The Bertz CT molecular complexity index is 465. The van der Waals surface area contributed by atoms with Crippen molar-refractivity contribution in [2.24, 2.45) is 0 Å². The zero-order chi connectivity index (χ0) is 9.97. The molecule has 0 fully saturated rings. The quantitative estimate of drug-likeness (QED) is 0.745. The summed E-state index contributed by atoms with van der Waals surface area (Å²) in [7, 11) is 0. The molecule has 0 spiro atoms. The van der Waals surface area contributed by atoms with Crippen molar-refractivity contribution >= 4 is 12.2 Å². The average molecular weight is 204 g/mol. The van der Waals surface area contributed by atoms with Crippen LogP contribution in [0.3, 0.4) is 0 Å². The minimum absolute atomic E-state index is 0.754. The van der Waals surface area contributed by atoms with Crippen molar-refractivity contribution < 1.29 is 0 Å². The van der Waals surface area contributed by atoms with Gasteiger partial charge in [0.15, 0.2) is 0 Å². The van der Waals surface area contributed by atoms with E-state index in [0.717, 1.165) is 16.7 Å². The fourth-order valence-electron chi connectivity index (χ4n) is 1.38. The molecule has 0 aliphatic heterocycles. The summed E-state index contributed by atoms with van der Waals surface area (Å²) in [5, 5.41) is 3.06. The predicted molar refractivity (Wildman–Crippen MR) is 60.3 cm³/mol. The molecule has 1 heterocycles. The summed E-state index contributed by atoms with van der Waals surface area (Å²) in [6.07, 6.45) is 3.01. The second-order valence-electron chi connectivity index (χ2n) is 3.18. The maximum absolute atomic E-state index is 5.01. The highest BCUT2D eigenvalue weighted by Gasteiger charge is 1.94. The van der Waals surface area contributed by atoms with E-state index >= 15 is 0 Å². The minimum Gasteiger partial charge on any atom is -0.284 e. The summed E-state index contributed by atoms with van der Waals surface area (Å²) >= 11 is 5.01. The van der Waals surface area contributed by atoms with Gasteiger partial charge in [-0.1, -0.05) is 31.3 Å². The largest absolute Gasteiger partial charge is 0.284 e. The summed E-state index contributed by atoms with van der Waals surface area (Å²) in [5.41, 5.74) is 2.46. The van der Waals surface area contributed by atoms with Gasteiger partial charge in [0.05, 0.1) is 5.69 Å². The molecular formula is C11H12N2S. The van der Waals surface area contributed by atoms with Crippen LogP contribution in [0.5, 0.6) is 0 Å². The normalized spacial score (nSPS) is 10.4. The molecule has 72 valence electrons. The zero-order valence-corrected chi connectivity index (χ0v) is 8.84. The molecule has 2 rings (SSSR count). The summed E-state index contributed by atoms with van der Waals surface area (Å²) < 4.78 is 2.67. The van der Waals surface area contributed by atoms with E-state index in [0.29, 0.717) is 0 Å². The lowest BCUT2D eigenvalue weighted by molar-refractivity contribution is 0.873. The number of nitrogens with one attached hydrogen (secondary N) is 1. The van der Waals surface area contributed by atoms with Crippen molar-refractivity contribution in [3.05, 3.63) is 46.7 Å². The van der Waals surface area contributed by atoms with E-state index in [1.807, 2.05) is 16.9 Å². The molecule has 0 unspecified atom stereocenters. The molecule has 14 heavy (non-hydrogen) atoms. The Hall–Kier alpha value is -1.35. The van der Waals surface area contributed by atoms with E-state index in [2.05, 4.69) is 36.3 Å². The van der Waals surface area contributed by atoms with Crippen LogP contribution in [-0.4, -0.2) is 9.78 Å². The lowest BCUT2D eigenvalue weighted by atomic mass is 10.1. The molecule has 3 heteroatoms. The molecule has 0 bridgehead atoms. The summed E-state index contributed by atoms with van der Waals surface area (Å²) in [4.78, 5) is 0. The first kappa shape index (κ1) is 9.21. The Morgan fingerprint density at radius 1 is 1.21 bits per heavy atom. The SMILES string of the molecule is CCc1ccc(-n2ccc(=S)[nH]2)cc1. The number of hydrogen-bond donors (Lipinski definition) is 1. The first-order chi connectivity index (χ1) is 6.79. The van der Waals surface area contributed by atoms with Gasteiger partial charge in [0.1, 0.15) is 4.64 Å². The molecule has 1 N–H and O–H groups in total. The third kappa shape index (κ3) is 1.77. The number of aromatic amines is 1. The minimum atomic E-state index is 0.754. The smallest absolute Gasteiger partial charge is 0.119 e. The van der Waals surface area contributed by atoms with Crippen molar-refractivity contribution in [2.45, 2.75) is 13.3 Å². The summed E-state index contributed by atoms with van der Waals surface area (Å²) in [6.45, 7) is 2.15. The van der Waals surface area contributed by atoms with E-state index in [1.54, 1.807) is 0 Å². The molecule has 0 amide bonds. The van der Waals surface area contributed by atoms with Gasteiger partial charge < -0.3 is 0 Å². The molecule has 0 saturated heterocycles. The Balaban J connectivity index is 2.38.